The molecule has 3 fully saturated rings. The number of H-pyrrole nitrogens is 1. The minimum absolute atomic E-state index is 0.0763. The highest BCUT2D eigenvalue weighted by Gasteiger charge is 2.62. The minimum Gasteiger partial charge on any atom is -0.361 e. The molecule has 8 heteroatoms. The fourth-order valence-corrected chi connectivity index (χ4v) is 7.59. The molecule has 5 rings (SSSR count). The van der Waals surface area contributed by atoms with Crippen molar-refractivity contribution in [1.82, 2.24) is 19.7 Å². The number of carbonyl (C=O) groups is 1. The molecule has 0 aliphatic carbocycles. The molecule has 0 bridgehead atoms. The molecule has 7 nitrogen and oxygen atoms in total. The maximum atomic E-state index is 13.0. The first-order valence-corrected chi connectivity index (χ1v) is 12.0. The number of nitrogens with one attached hydrogen (secondary N) is 1. The number of aromatic nitrogens is 1. The van der Waals surface area contributed by atoms with Crippen molar-refractivity contribution in [3.05, 3.63) is 36.0 Å². The Bertz CT molecular complexity index is 1030. The highest BCUT2D eigenvalue weighted by Crippen LogP contribution is 2.45. The van der Waals surface area contributed by atoms with Gasteiger partial charge in [-0.3, -0.25) is 4.79 Å². The number of nitrogens with zero attached hydrogens (tertiary/aromatic N) is 3. The van der Waals surface area contributed by atoms with Gasteiger partial charge in [0.15, 0.2) is 9.84 Å². The van der Waals surface area contributed by atoms with Gasteiger partial charge < -0.3 is 19.7 Å². The molecule has 1 aromatic heterocycles. The van der Waals surface area contributed by atoms with Crippen LogP contribution in [-0.4, -0.2) is 97.4 Å². The van der Waals surface area contributed by atoms with Crippen molar-refractivity contribution >= 4 is 26.6 Å². The summed E-state index contributed by atoms with van der Waals surface area (Å²) in [6.07, 6.45) is 2.57. The van der Waals surface area contributed by atoms with Gasteiger partial charge in [0.2, 0.25) is 0 Å². The lowest BCUT2D eigenvalue weighted by Gasteiger charge is -2.51. The molecular formula is C21H28N4O3S. The normalized spacial score (nSPS) is 26.8. The van der Waals surface area contributed by atoms with Crippen LogP contribution in [0.2, 0.25) is 0 Å². The van der Waals surface area contributed by atoms with Crippen LogP contribution >= 0.6 is 0 Å². The van der Waals surface area contributed by atoms with Gasteiger partial charge in [-0.2, -0.15) is 0 Å². The number of carbonyl (C=O) groups excluding carboxylic acids is 1. The molecule has 4 heterocycles. The van der Waals surface area contributed by atoms with Crippen LogP contribution in [0.3, 0.4) is 0 Å². The zero-order valence-electron chi connectivity index (χ0n) is 16.8. The van der Waals surface area contributed by atoms with Crippen LogP contribution < -0.4 is 0 Å². The van der Waals surface area contributed by atoms with Gasteiger partial charge in [-0.25, -0.2) is 8.42 Å². The Labute approximate surface area is 171 Å². The van der Waals surface area contributed by atoms with E-state index < -0.39 is 14.6 Å². The second kappa shape index (κ2) is 6.82. The van der Waals surface area contributed by atoms with Crippen molar-refractivity contribution in [1.29, 1.82) is 0 Å². The van der Waals surface area contributed by atoms with Crippen LogP contribution in [0.4, 0.5) is 0 Å². The Morgan fingerprint density at radius 2 is 1.93 bits per heavy atom. The van der Waals surface area contributed by atoms with Gasteiger partial charge >= 0.3 is 0 Å². The van der Waals surface area contributed by atoms with E-state index in [4.69, 9.17) is 0 Å². The van der Waals surface area contributed by atoms with Crippen LogP contribution in [0.25, 0.3) is 10.9 Å². The third kappa shape index (κ3) is 3.08. The van der Waals surface area contributed by atoms with Crippen molar-refractivity contribution in [3.63, 3.8) is 0 Å². The number of fused-ring (bicyclic) bond motifs is 1. The van der Waals surface area contributed by atoms with Crippen LogP contribution in [0.5, 0.6) is 0 Å². The fourth-order valence-electron chi connectivity index (χ4n) is 5.18. The minimum atomic E-state index is -3.17. The largest absolute Gasteiger partial charge is 0.361 e. The molecule has 1 aromatic carbocycles. The van der Waals surface area contributed by atoms with Crippen molar-refractivity contribution in [2.75, 3.05) is 58.6 Å². The molecule has 1 amide bonds. The summed E-state index contributed by atoms with van der Waals surface area (Å²) in [5, 5.41) is 1.06. The van der Waals surface area contributed by atoms with E-state index in [9.17, 15) is 13.2 Å². The number of hydrogen-bond donors (Lipinski definition) is 1. The average Bonchev–Trinajstić information content (AvgIpc) is 3.23. The number of aromatic amines is 1. The third-order valence-electron chi connectivity index (χ3n) is 7.18. The van der Waals surface area contributed by atoms with Crippen LogP contribution in [0, 0.1) is 5.92 Å². The Hall–Kier alpha value is -1.90. The van der Waals surface area contributed by atoms with E-state index in [0.29, 0.717) is 25.1 Å². The molecule has 1 unspecified atom stereocenters. The lowest BCUT2D eigenvalue weighted by atomic mass is 9.82. The first kappa shape index (κ1) is 19.1. The van der Waals surface area contributed by atoms with Gasteiger partial charge in [-0.1, -0.05) is 6.07 Å². The number of rotatable bonds is 3. The van der Waals surface area contributed by atoms with Crippen LogP contribution in [-0.2, 0) is 9.84 Å². The molecular weight excluding hydrogens is 388 g/mol. The predicted molar refractivity (Wildman–Crippen MR) is 113 cm³/mol. The molecule has 3 saturated heterocycles. The molecule has 29 heavy (non-hydrogen) atoms. The summed E-state index contributed by atoms with van der Waals surface area (Å²) in [4.78, 5) is 22.5. The molecule has 0 radical (unpaired) electrons. The summed E-state index contributed by atoms with van der Waals surface area (Å²) in [6, 6.07) is 7.58. The van der Waals surface area contributed by atoms with Gasteiger partial charge in [0.1, 0.15) is 4.75 Å². The van der Waals surface area contributed by atoms with Crippen molar-refractivity contribution in [2.24, 2.45) is 5.92 Å². The summed E-state index contributed by atoms with van der Waals surface area (Å²) in [6.45, 7) is 5.51. The maximum Gasteiger partial charge on any atom is 0.254 e. The van der Waals surface area contributed by atoms with Crippen LogP contribution in [0.15, 0.2) is 30.5 Å². The number of piperazine rings is 1. The SMILES string of the molecule is CN1CCN(CC2CCS(=O)(=O)C23CN(C(=O)c2ccc4cc[nH]c4c2)C3)CC1. The second-order valence-electron chi connectivity index (χ2n) is 8.91. The van der Waals surface area contributed by atoms with Gasteiger partial charge in [0.25, 0.3) is 5.91 Å². The number of hydrogen-bond acceptors (Lipinski definition) is 5. The summed E-state index contributed by atoms with van der Waals surface area (Å²) in [5.41, 5.74) is 1.54. The van der Waals surface area contributed by atoms with Gasteiger partial charge in [0, 0.05) is 63.1 Å². The molecule has 0 saturated carbocycles. The zero-order valence-corrected chi connectivity index (χ0v) is 17.6. The number of likely N-dealkylation sites (tertiary alicyclic amines) is 1. The summed E-state index contributed by atoms with van der Waals surface area (Å²) in [5.74, 6) is 0.292. The van der Waals surface area contributed by atoms with E-state index in [1.807, 2.05) is 30.5 Å². The van der Waals surface area contributed by atoms with Crippen LogP contribution in [0.1, 0.15) is 16.8 Å². The van der Waals surface area contributed by atoms with E-state index in [0.717, 1.165) is 43.6 Å². The summed E-state index contributed by atoms with van der Waals surface area (Å²) < 4.78 is 25.1. The van der Waals surface area contributed by atoms with Crippen molar-refractivity contribution in [2.45, 2.75) is 11.2 Å². The number of sulfone groups is 1. The van der Waals surface area contributed by atoms with Gasteiger partial charge in [-0.15, -0.1) is 0 Å². The van der Waals surface area contributed by atoms with E-state index in [1.165, 1.54) is 0 Å². The number of amides is 1. The quantitative estimate of drug-likeness (QED) is 0.809. The monoisotopic (exact) mass is 416 g/mol. The highest BCUT2D eigenvalue weighted by atomic mass is 32.2. The Morgan fingerprint density at radius 3 is 2.69 bits per heavy atom. The van der Waals surface area contributed by atoms with E-state index >= 15 is 0 Å². The van der Waals surface area contributed by atoms with Crippen molar-refractivity contribution in [3.8, 4) is 0 Å². The smallest absolute Gasteiger partial charge is 0.254 e. The average molecular weight is 417 g/mol. The molecule has 3 aliphatic rings. The lowest BCUT2D eigenvalue weighted by Crippen LogP contribution is -2.69. The Kier molecular flexibility index (Phi) is 4.49. The molecule has 1 atom stereocenters. The Morgan fingerprint density at radius 1 is 1.17 bits per heavy atom. The second-order valence-corrected chi connectivity index (χ2v) is 11.4. The maximum absolute atomic E-state index is 13.0. The molecule has 2 aromatic rings. The number of benzene rings is 1. The zero-order chi connectivity index (χ0) is 20.2. The van der Waals surface area contributed by atoms with E-state index in [-0.39, 0.29) is 17.6 Å². The standard InChI is InChI=1S/C21H28N4O3S/c1-23-7-9-24(10-8-23)13-18-5-11-29(27,28)21(18)14-25(15-21)20(26)17-3-2-16-4-6-22-19(16)12-17/h2-4,6,12,18,22H,5,7-11,13-15H2,1H3. The van der Waals surface area contributed by atoms with E-state index in [2.05, 4.69) is 21.8 Å². The summed E-state index contributed by atoms with van der Waals surface area (Å²) >= 11 is 0. The third-order valence-corrected chi connectivity index (χ3v) is 9.78. The first-order chi connectivity index (χ1) is 13.9. The molecule has 156 valence electrons. The summed E-state index contributed by atoms with van der Waals surface area (Å²) in [7, 11) is -1.05. The topological polar surface area (TPSA) is 76.7 Å². The van der Waals surface area contributed by atoms with E-state index in [1.54, 1.807) is 4.90 Å². The molecule has 1 spiro atoms. The first-order valence-electron chi connectivity index (χ1n) is 10.4. The van der Waals surface area contributed by atoms with Gasteiger partial charge in [-0.05, 0) is 43.0 Å². The molecule has 1 N–H and O–H groups in total. The number of likely N-dealkylation sites (N-methyl/N-ethyl adjacent to an activating group) is 1. The highest BCUT2D eigenvalue weighted by molar-refractivity contribution is 7.93. The van der Waals surface area contributed by atoms with Gasteiger partial charge in [0.05, 0.1) is 5.75 Å². The van der Waals surface area contributed by atoms with Crippen molar-refractivity contribution < 1.29 is 13.2 Å². The molecule has 3 aliphatic heterocycles. The predicted octanol–water partition coefficient (Wildman–Crippen LogP) is 1.04. The fraction of sp³-hybridized carbons (Fsp3) is 0.571. The lowest BCUT2D eigenvalue weighted by molar-refractivity contribution is 0.0391. The Balaban J connectivity index is 1.31.